The molecule has 14 heavy (non-hydrogen) atoms. The van der Waals surface area contributed by atoms with Gasteiger partial charge in [0.15, 0.2) is 18.1 Å². The van der Waals surface area contributed by atoms with Crippen LogP contribution >= 0.6 is 11.6 Å². The van der Waals surface area contributed by atoms with Crippen molar-refractivity contribution in [3.05, 3.63) is 17.2 Å². The highest BCUT2D eigenvalue weighted by molar-refractivity contribution is 6.31. The number of hydrogen-bond donors (Lipinski definition) is 1. The Morgan fingerprint density at radius 1 is 1.57 bits per heavy atom. The number of benzene rings is 1. The van der Waals surface area contributed by atoms with Crippen molar-refractivity contribution in [2.24, 2.45) is 0 Å². The molecule has 1 aliphatic rings. The number of carbonyl (C=O) groups is 1. The van der Waals surface area contributed by atoms with E-state index < -0.39 is 0 Å². The number of hydrogen-bond acceptors (Lipinski definition) is 3. The van der Waals surface area contributed by atoms with E-state index in [-0.39, 0.29) is 12.5 Å². The van der Waals surface area contributed by atoms with Crippen molar-refractivity contribution in [2.45, 2.75) is 0 Å². The Morgan fingerprint density at radius 2 is 2.36 bits per heavy atom. The molecule has 1 heterocycles. The molecular weight excluding hydrogens is 206 g/mol. The van der Waals surface area contributed by atoms with Gasteiger partial charge in [-0.25, -0.2) is 0 Å². The summed E-state index contributed by atoms with van der Waals surface area (Å²) in [5.41, 5.74) is 0.547. The van der Waals surface area contributed by atoms with Crippen molar-refractivity contribution in [2.75, 3.05) is 19.0 Å². The molecular formula is C9H8ClNO3. The van der Waals surface area contributed by atoms with Crippen LogP contribution < -0.4 is 14.8 Å². The number of carbonyl (C=O) groups excluding carboxylic acids is 1. The largest absolute Gasteiger partial charge is 0.493 e. The van der Waals surface area contributed by atoms with Crippen LogP contribution in [0.4, 0.5) is 5.69 Å². The van der Waals surface area contributed by atoms with Crippen LogP contribution in [0.1, 0.15) is 0 Å². The summed E-state index contributed by atoms with van der Waals surface area (Å²) in [7, 11) is 1.52. The highest BCUT2D eigenvalue weighted by Crippen LogP contribution is 2.39. The molecule has 1 aliphatic heterocycles. The number of nitrogens with one attached hydrogen (secondary N) is 1. The quantitative estimate of drug-likeness (QED) is 0.772. The first-order valence-corrected chi connectivity index (χ1v) is 4.38. The van der Waals surface area contributed by atoms with Crippen molar-refractivity contribution >= 4 is 23.2 Å². The predicted octanol–water partition coefficient (Wildman–Crippen LogP) is 1.68. The molecule has 1 aromatic rings. The lowest BCUT2D eigenvalue weighted by atomic mass is 10.2. The van der Waals surface area contributed by atoms with Gasteiger partial charge in [-0.3, -0.25) is 4.79 Å². The van der Waals surface area contributed by atoms with Crippen LogP contribution in [0, 0.1) is 0 Å². The second-order valence-electron chi connectivity index (χ2n) is 2.82. The summed E-state index contributed by atoms with van der Waals surface area (Å²) in [6, 6.07) is 3.26. The summed E-state index contributed by atoms with van der Waals surface area (Å²) < 4.78 is 10.3. The maximum atomic E-state index is 11.0. The summed E-state index contributed by atoms with van der Waals surface area (Å²) in [6.45, 7) is 0.00495. The monoisotopic (exact) mass is 213 g/mol. The number of anilines is 1. The molecule has 0 spiro atoms. The standard InChI is InChI=1S/C9H8ClNO3/c1-13-7-3-5(10)2-6-9(7)14-4-8(12)11-6/h2-3H,4H2,1H3,(H,11,12). The Hall–Kier alpha value is -1.42. The molecule has 4 nitrogen and oxygen atoms in total. The minimum absolute atomic E-state index is 0.00495. The van der Waals surface area contributed by atoms with E-state index in [0.29, 0.717) is 22.2 Å². The zero-order valence-electron chi connectivity index (χ0n) is 7.46. The van der Waals surface area contributed by atoms with Gasteiger partial charge in [0, 0.05) is 11.1 Å². The summed E-state index contributed by atoms with van der Waals surface area (Å²) in [4.78, 5) is 11.0. The average Bonchev–Trinajstić information content (AvgIpc) is 2.15. The number of amides is 1. The maximum Gasteiger partial charge on any atom is 0.262 e. The van der Waals surface area contributed by atoms with E-state index in [0.717, 1.165) is 0 Å². The molecule has 1 N–H and O–H groups in total. The Morgan fingerprint density at radius 3 is 3.07 bits per heavy atom. The van der Waals surface area contributed by atoms with Crippen LogP contribution in [0.2, 0.25) is 5.02 Å². The number of rotatable bonds is 1. The molecule has 0 saturated carbocycles. The molecule has 0 fully saturated rings. The third-order valence-corrected chi connectivity index (χ3v) is 2.08. The van der Waals surface area contributed by atoms with Crippen LogP contribution in [0.15, 0.2) is 12.1 Å². The van der Waals surface area contributed by atoms with Crippen LogP contribution in [0.3, 0.4) is 0 Å². The third-order valence-electron chi connectivity index (χ3n) is 1.86. The van der Waals surface area contributed by atoms with Crippen molar-refractivity contribution < 1.29 is 14.3 Å². The zero-order valence-corrected chi connectivity index (χ0v) is 8.22. The fourth-order valence-electron chi connectivity index (χ4n) is 1.29. The highest BCUT2D eigenvalue weighted by Gasteiger charge is 2.20. The minimum Gasteiger partial charge on any atom is -0.493 e. The lowest BCUT2D eigenvalue weighted by molar-refractivity contribution is -0.118. The molecule has 0 unspecified atom stereocenters. The Kier molecular flexibility index (Phi) is 2.21. The lowest BCUT2D eigenvalue weighted by Crippen LogP contribution is -2.25. The molecule has 0 aromatic heterocycles. The summed E-state index contributed by atoms with van der Waals surface area (Å²) >= 11 is 5.82. The predicted molar refractivity (Wildman–Crippen MR) is 52.1 cm³/mol. The van der Waals surface area contributed by atoms with Gasteiger partial charge in [0.2, 0.25) is 0 Å². The van der Waals surface area contributed by atoms with E-state index in [4.69, 9.17) is 21.1 Å². The molecule has 0 saturated heterocycles. The van der Waals surface area contributed by atoms with E-state index in [1.54, 1.807) is 12.1 Å². The highest BCUT2D eigenvalue weighted by atomic mass is 35.5. The fraction of sp³-hybridized carbons (Fsp3) is 0.222. The van der Waals surface area contributed by atoms with Crippen molar-refractivity contribution in [1.82, 2.24) is 0 Å². The normalized spacial score (nSPS) is 14.0. The molecule has 2 rings (SSSR count). The summed E-state index contributed by atoms with van der Waals surface area (Å²) in [6.07, 6.45) is 0. The van der Waals surface area contributed by atoms with E-state index >= 15 is 0 Å². The number of halogens is 1. The molecule has 0 aliphatic carbocycles. The summed E-state index contributed by atoms with van der Waals surface area (Å²) in [5, 5.41) is 3.14. The van der Waals surface area contributed by atoms with Gasteiger partial charge in [0.25, 0.3) is 5.91 Å². The smallest absolute Gasteiger partial charge is 0.262 e. The second kappa shape index (κ2) is 3.38. The van der Waals surface area contributed by atoms with E-state index in [1.807, 2.05) is 0 Å². The van der Waals surface area contributed by atoms with E-state index in [2.05, 4.69) is 5.32 Å². The second-order valence-corrected chi connectivity index (χ2v) is 3.26. The molecule has 0 radical (unpaired) electrons. The van der Waals surface area contributed by atoms with Gasteiger partial charge in [0.05, 0.1) is 12.8 Å². The molecule has 0 bridgehead atoms. The molecule has 1 amide bonds. The number of fused-ring (bicyclic) bond motifs is 1. The topological polar surface area (TPSA) is 47.6 Å². The van der Waals surface area contributed by atoms with E-state index in [1.165, 1.54) is 7.11 Å². The Balaban J connectivity index is 2.51. The van der Waals surface area contributed by atoms with Crippen molar-refractivity contribution in [3.63, 3.8) is 0 Å². The number of methoxy groups -OCH3 is 1. The summed E-state index contributed by atoms with van der Waals surface area (Å²) in [5.74, 6) is 0.853. The van der Waals surface area contributed by atoms with Crippen molar-refractivity contribution in [3.8, 4) is 11.5 Å². The molecule has 5 heteroatoms. The zero-order chi connectivity index (χ0) is 10.1. The van der Waals surface area contributed by atoms with Gasteiger partial charge in [-0.15, -0.1) is 0 Å². The van der Waals surface area contributed by atoms with Crippen LogP contribution in [-0.4, -0.2) is 19.6 Å². The van der Waals surface area contributed by atoms with Crippen LogP contribution in [-0.2, 0) is 4.79 Å². The minimum atomic E-state index is -0.193. The lowest BCUT2D eigenvalue weighted by Gasteiger charge is -2.20. The van der Waals surface area contributed by atoms with Gasteiger partial charge in [-0.2, -0.15) is 0 Å². The third kappa shape index (κ3) is 1.48. The SMILES string of the molecule is COc1cc(Cl)cc2c1OCC(=O)N2. The van der Waals surface area contributed by atoms with Crippen LogP contribution in [0.5, 0.6) is 11.5 Å². The first-order valence-electron chi connectivity index (χ1n) is 4.01. The fourth-order valence-corrected chi connectivity index (χ4v) is 1.49. The average molecular weight is 214 g/mol. The van der Waals surface area contributed by atoms with Gasteiger partial charge >= 0.3 is 0 Å². The van der Waals surface area contributed by atoms with Gasteiger partial charge in [-0.05, 0) is 6.07 Å². The first-order chi connectivity index (χ1) is 6.70. The number of ether oxygens (including phenoxy) is 2. The molecule has 74 valence electrons. The van der Waals surface area contributed by atoms with Gasteiger partial charge in [0.1, 0.15) is 0 Å². The molecule has 0 atom stereocenters. The molecule has 1 aromatic carbocycles. The Labute approximate surface area is 85.8 Å². The van der Waals surface area contributed by atoms with E-state index in [9.17, 15) is 4.79 Å². The van der Waals surface area contributed by atoms with Crippen LogP contribution in [0.25, 0.3) is 0 Å². The maximum absolute atomic E-state index is 11.0. The Bertz CT molecular complexity index is 392. The van der Waals surface area contributed by atoms with Gasteiger partial charge in [-0.1, -0.05) is 11.6 Å². The first kappa shape index (κ1) is 9.15. The van der Waals surface area contributed by atoms with Crippen molar-refractivity contribution in [1.29, 1.82) is 0 Å². The van der Waals surface area contributed by atoms with Gasteiger partial charge < -0.3 is 14.8 Å².